The smallest absolute Gasteiger partial charge is 0.268 e. The van der Waals surface area contributed by atoms with E-state index in [0.717, 1.165) is 68.8 Å². The molecule has 123 heavy (non-hydrogen) atoms. The summed E-state index contributed by atoms with van der Waals surface area (Å²) in [6.45, 7) is 20.8. The van der Waals surface area contributed by atoms with Crippen molar-refractivity contribution in [2.24, 2.45) is 23.7 Å². The van der Waals surface area contributed by atoms with Crippen LogP contribution < -0.4 is 42.5 Å². The molecule has 12 amide bonds. The van der Waals surface area contributed by atoms with E-state index in [0.29, 0.717) is 115 Å². The van der Waals surface area contributed by atoms with Gasteiger partial charge in [0, 0.05) is 159 Å². The highest BCUT2D eigenvalue weighted by atomic mass is 19.3. The highest BCUT2D eigenvalue weighted by molar-refractivity contribution is 5.98. The average molecular weight is 1710 g/mol. The van der Waals surface area contributed by atoms with Crippen LogP contribution in [0.5, 0.6) is 0 Å². The summed E-state index contributed by atoms with van der Waals surface area (Å²) in [6.07, 6.45) is 2.22. The molecule has 0 bridgehead atoms. The molecule has 9 aliphatic rings. The number of nitrogens with one attached hydrogen (secondary N) is 8. The second-order valence-electron chi connectivity index (χ2n) is 35.1. The van der Waals surface area contributed by atoms with Crippen LogP contribution >= 0.6 is 0 Å². The molecule has 35 heteroatoms. The Morgan fingerprint density at radius 3 is 1.39 bits per heavy atom. The quantitative estimate of drug-likeness (QED) is 0.0294. The molecule has 0 aromatic heterocycles. The van der Waals surface area contributed by atoms with Crippen molar-refractivity contribution in [3.63, 3.8) is 0 Å². The highest BCUT2D eigenvalue weighted by Crippen LogP contribution is 2.39. The lowest BCUT2D eigenvalue weighted by atomic mass is 9.99. The van der Waals surface area contributed by atoms with Crippen LogP contribution in [0.15, 0.2) is 54.6 Å². The van der Waals surface area contributed by atoms with E-state index in [-0.39, 0.29) is 125 Å². The topological polar surface area (TPSA) is 410 Å². The van der Waals surface area contributed by atoms with Crippen molar-refractivity contribution in [3.05, 3.63) is 105 Å². The number of aryl methyl sites for hydroxylation is 1. The zero-order valence-corrected chi connectivity index (χ0v) is 71.5. The van der Waals surface area contributed by atoms with Gasteiger partial charge in [0.1, 0.15) is 47.6 Å². The van der Waals surface area contributed by atoms with E-state index in [1.54, 1.807) is 26.8 Å². The lowest BCUT2D eigenvalue weighted by Crippen LogP contribution is -2.46. The van der Waals surface area contributed by atoms with E-state index in [1.807, 2.05) is 60.7 Å². The summed E-state index contributed by atoms with van der Waals surface area (Å²) in [5.41, 5.74) is 4.86. The molecule has 0 saturated carbocycles. The highest BCUT2D eigenvalue weighted by Gasteiger charge is 2.53. The molecule has 0 spiro atoms. The molecule has 0 aliphatic carbocycles. The number of hydrogen-bond acceptors (Lipinski definition) is 19. The molecule has 11 atom stereocenters. The number of halogens is 4. The van der Waals surface area contributed by atoms with Crippen molar-refractivity contribution in [1.29, 1.82) is 15.8 Å². The normalized spacial score (nSPS) is 24.5. The van der Waals surface area contributed by atoms with E-state index >= 15 is 0 Å². The molecular weight excluding hydrogens is 1600 g/mol. The van der Waals surface area contributed by atoms with Crippen LogP contribution in [0.3, 0.4) is 0 Å². The number of benzene rings is 3. The van der Waals surface area contributed by atoms with E-state index < -0.39 is 114 Å². The van der Waals surface area contributed by atoms with Gasteiger partial charge >= 0.3 is 0 Å². The fourth-order valence-corrected chi connectivity index (χ4v) is 17.2. The van der Waals surface area contributed by atoms with E-state index in [9.17, 15) is 90.9 Å². The van der Waals surface area contributed by atoms with E-state index in [2.05, 4.69) is 84.1 Å². The molecule has 666 valence electrons. The Morgan fingerprint density at radius 2 is 0.911 bits per heavy atom. The first-order valence-electron chi connectivity index (χ1n) is 42.8. The summed E-state index contributed by atoms with van der Waals surface area (Å²) in [5.74, 6) is -8.70. The third-order valence-corrected chi connectivity index (χ3v) is 23.8. The first-order chi connectivity index (χ1) is 58.4. The minimum absolute atomic E-state index is 0.00574. The van der Waals surface area contributed by atoms with E-state index in [4.69, 9.17) is 9.47 Å². The minimum Gasteiger partial charge on any atom is -0.379 e. The van der Waals surface area contributed by atoms with Gasteiger partial charge in [-0.05, 0) is 109 Å². The van der Waals surface area contributed by atoms with Crippen molar-refractivity contribution in [1.82, 2.24) is 71.9 Å². The number of amides is 12. The van der Waals surface area contributed by atoms with Gasteiger partial charge in [-0.3, -0.25) is 57.5 Å². The summed E-state index contributed by atoms with van der Waals surface area (Å²) >= 11 is 0. The molecule has 3 aromatic carbocycles. The molecule has 8 N–H and O–H groups in total. The number of hydrogen-bond donors (Lipinski definition) is 8. The van der Waals surface area contributed by atoms with Crippen molar-refractivity contribution < 1.29 is 84.6 Å². The first-order valence-corrected chi connectivity index (χ1v) is 42.8. The molecular formula is C88H117F4N17O14. The van der Waals surface area contributed by atoms with Gasteiger partial charge in [0.25, 0.3) is 11.8 Å². The number of carbonyl (C=O) groups excluding carboxylic acids is 12. The van der Waals surface area contributed by atoms with Crippen LogP contribution in [0, 0.1) is 57.7 Å². The minimum atomic E-state index is -3.16. The Kier molecular flexibility index (Phi) is 32.8. The van der Waals surface area contributed by atoms with Crippen molar-refractivity contribution >= 4 is 70.9 Å². The van der Waals surface area contributed by atoms with E-state index in [1.165, 1.54) is 23.6 Å². The lowest BCUT2D eigenvalue weighted by molar-refractivity contribution is -0.136. The van der Waals surface area contributed by atoms with Crippen molar-refractivity contribution in [3.8, 4) is 18.2 Å². The van der Waals surface area contributed by atoms with Gasteiger partial charge in [-0.15, -0.1) is 0 Å². The summed E-state index contributed by atoms with van der Waals surface area (Å²) in [6, 6.07) is 17.7. The summed E-state index contributed by atoms with van der Waals surface area (Å²) in [5, 5.41) is 51.0. The number of fused-ring (bicyclic) bond motifs is 3. The third-order valence-electron chi connectivity index (χ3n) is 23.8. The maximum Gasteiger partial charge on any atom is 0.268 e. The van der Waals surface area contributed by atoms with Gasteiger partial charge in [0.05, 0.1) is 64.3 Å². The largest absolute Gasteiger partial charge is 0.379 e. The fraction of sp³-hybridized carbons (Fsp3) is 0.625. The number of carbonyl (C=O) groups is 12. The monoisotopic (exact) mass is 1710 g/mol. The zero-order chi connectivity index (χ0) is 89.2. The van der Waals surface area contributed by atoms with Crippen LogP contribution in [-0.4, -0.2) is 238 Å². The Morgan fingerprint density at radius 1 is 0.488 bits per heavy atom. The Hall–Kier alpha value is -10.7. The molecule has 0 radical (unpaired) electrons. The Bertz CT molecular complexity index is 4530. The zero-order valence-electron chi connectivity index (χ0n) is 71.5. The molecule has 9 aliphatic heterocycles. The van der Waals surface area contributed by atoms with Crippen LogP contribution in [0.4, 0.5) is 17.6 Å². The number of nitriles is 3. The molecule has 2 unspecified atom stereocenters. The van der Waals surface area contributed by atoms with Crippen LogP contribution in [0.2, 0.25) is 0 Å². The number of likely N-dealkylation sites (tertiary alicyclic amines) is 3. The second kappa shape index (κ2) is 42.6. The molecule has 9 heterocycles. The predicted octanol–water partition coefficient (Wildman–Crippen LogP) is 4.99. The number of nitrogens with zero attached hydrogens (tertiary/aromatic N) is 9. The summed E-state index contributed by atoms with van der Waals surface area (Å²) in [4.78, 5) is 162. The van der Waals surface area contributed by atoms with Crippen LogP contribution in [0.25, 0.3) is 0 Å². The van der Waals surface area contributed by atoms with Gasteiger partial charge < -0.3 is 81.4 Å². The standard InChI is InChI=1S/C31H42F2N6O6.C29H39FN6O4.C28H36FN5O4/c1-20(2)35-7-9-45-11-10-44-8-6-27(40)36-16-21-4-3-5-22-17-38(18-25(21)22)28(41)13-23-12-26(37-29(23)42)30(43)39-19-31(32,33)14-24(39)15-34;1-18(2)32-9-10-33-25(37)8-7-19-5-4-6-20-15-35(16-23(19)20)26(38)12-21-11-24(34-27(21)39)28(40)36-17-29(3,30)13-22(36)14-31;1-17(2)6-5-9-31-26(37)21-8-4-7-18-14-33(15-22(18)21)24(35)11-19-10-23(32-25(19)36)27(38)34-16-28(3,29)12-20(34)13-30/h3-5,20,23-24,26,35H,6-14,16-19H2,1-2H3,(H,36,40)(H,37,42);4-6,18,21-22,24,32H,7-13,15-17H2,1-3H3,(H,33,37)(H,34,39);4,7-8,17,19-20,23H,5-6,9-12,14-16H2,1-3H3,(H,31,37)(H,32,36)/t23-,24-,26-;21-,22-,24-,29?;19-,20-,23-,28?/m000/s1. The number of ether oxygens (including phenoxy) is 2. The van der Waals surface area contributed by atoms with Crippen molar-refractivity contribution in [2.45, 2.75) is 257 Å². The van der Waals surface area contributed by atoms with Gasteiger partial charge in [0.2, 0.25) is 65.0 Å². The van der Waals surface area contributed by atoms with Gasteiger partial charge in [-0.2, -0.15) is 15.8 Å². The number of alkyl halides is 4. The SMILES string of the molecule is CC(C)CCCNC(=O)c1cccc2c1CN(C(=O)C[C@@H]1C[C@@H](C(=O)N3CC(C)(F)C[C@H]3C#N)NC1=O)C2.CC(C)NCCNC(=O)CCc1cccc2c1CN(C(=O)C[C@@H]1C[C@@H](C(=O)N3CC(C)(F)C[C@H]3C#N)NC1=O)C2.CC(C)NCCOCCOCCC(=O)NCc1cccc2c1CN(C(=O)C[C@@H]1C[C@@H](C(=O)N3CC(F)(F)C[C@H]3C#N)NC1=O)C2. The second-order valence-corrected chi connectivity index (χ2v) is 35.1. The summed E-state index contributed by atoms with van der Waals surface area (Å²) in [7, 11) is 0. The Balaban J connectivity index is 0.000000194. The number of rotatable bonds is 33. The van der Waals surface area contributed by atoms with Crippen molar-refractivity contribution in [2.75, 3.05) is 72.2 Å². The maximum absolute atomic E-state index is 14.5. The summed E-state index contributed by atoms with van der Waals surface area (Å²) < 4.78 is 67.5. The lowest BCUT2D eigenvalue weighted by Gasteiger charge is -2.23. The molecule has 12 rings (SSSR count). The molecule has 6 fully saturated rings. The van der Waals surface area contributed by atoms with Gasteiger partial charge in [-0.25, -0.2) is 17.6 Å². The van der Waals surface area contributed by atoms with Gasteiger partial charge in [-0.1, -0.05) is 90.1 Å². The third kappa shape index (κ3) is 25.8. The maximum atomic E-state index is 14.5. The van der Waals surface area contributed by atoms with Gasteiger partial charge in [0.15, 0.2) is 0 Å². The van der Waals surface area contributed by atoms with Crippen LogP contribution in [0.1, 0.15) is 194 Å². The molecule has 6 saturated heterocycles. The predicted molar refractivity (Wildman–Crippen MR) is 439 cm³/mol. The average Bonchev–Trinajstić information content (AvgIpc) is 1.66. The van der Waals surface area contributed by atoms with Crippen LogP contribution in [-0.2, 0) is 114 Å². The fourth-order valence-electron chi connectivity index (χ4n) is 17.2. The molecule has 3 aromatic rings. The first kappa shape index (κ1) is 94.6. The molecule has 31 nitrogen and oxygen atoms in total. The Labute approximate surface area is 715 Å².